The first-order valence-electron chi connectivity index (χ1n) is 6.10. The zero-order chi connectivity index (χ0) is 13.8. The van der Waals surface area contributed by atoms with Gasteiger partial charge in [-0.3, -0.25) is 9.89 Å². The van der Waals surface area contributed by atoms with Crippen molar-refractivity contribution in [2.75, 3.05) is 5.32 Å². The Balaban J connectivity index is 2.05. The van der Waals surface area contributed by atoms with Gasteiger partial charge in [0.1, 0.15) is 0 Å². The maximum absolute atomic E-state index is 12.0. The number of aliphatic hydroxyl groups excluding tert-OH is 1. The normalized spacial score (nSPS) is 10.5. The van der Waals surface area contributed by atoms with Gasteiger partial charge in [-0.2, -0.15) is 5.10 Å². The lowest BCUT2D eigenvalue weighted by molar-refractivity contribution is -0.115. The van der Waals surface area contributed by atoms with Gasteiger partial charge in [0.25, 0.3) is 0 Å². The van der Waals surface area contributed by atoms with Crippen molar-refractivity contribution in [3.8, 4) is 0 Å². The summed E-state index contributed by atoms with van der Waals surface area (Å²) in [5.41, 5.74) is 4.15. The molecule has 0 radical (unpaired) electrons. The van der Waals surface area contributed by atoms with Crippen LogP contribution in [0.1, 0.15) is 22.5 Å². The van der Waals surface area contributed by atoms with Crippen LogP contribution in [0.5, 0.6) is 0 Å². The largest absolute Gasteiger partial charge is 0.392 e. The summed E-state index contributed by atoms with van der Waals surface area (Å²) in [7, 11) is 0. The van der Waals surface area contributed by atoms with E-state index in [0.717, 1.165) is 22.5 Å². The summed E-state index contributed by atoms with van der Waals surface area (Å²) in [6.07, 6.45) is 0.289. The number of H-pyrrole nitrogens is 1. The number of hydrogen-bond acceptors (Lipinski definition) is 3. The van der Waals surface area contributed by atoms with Crippen LogP contribution in [0.2, 0.25) is 0 Å². The molecule has 5 heteroatoms. The van der Waals surface area contributed by atoms with Gasteiger partial charge in [0, 0.05) is 16.9 Å². The lowest BCUT2D eigenvalue weighted by Crippen LogP contribution is -2.15. The molecule has 0 saturated heterocycles. The number of carbonyl (C=O) groups is 1. The summed E-state index contributed by atoms with van der Waals surface area (Å²) < 4.78 is 0. The SMILES string of the molecule is Cc1n[nH]c(C)c1CC(=O)Nc1cccc(CO)c1. The second-order valence-corrected chi connectivity index (χ2v) is 4.50. The Hall–Kier alpha value is -2.14. The Morgan fingerprint density at radius 3 is 2.84 bits per heavy atom. The van der Waals surface area contributed by atoms with Gasteiger partial charge >= 0.3 is 0 Å². The van der Waals surface area contributed by atoms with Gasteiger partial charge in [-0.05, 0) is 31.5 Å². The molecule has 0 aliphatic rings. The number of benzene rings is 1. The molecule has 1 aromatic carbocycles. The minimum absolute atomic E-state index is 0.0380. The number of rotatable bonds is 4. The third kappa shape index (κ3) is 3.20. The zero-order valence-corrected chi connectivity index (χ0v) is 11.0. The van der Waals surface area contributed by atoms with Crippen LogP contribution in [-0.4, -0.2) is 21.2 Å². The highest BCUT2D eigenvalue weighted by atomic mass is 16.3. The van der Waals surface area contributed by atoms with Crippen molar-refractivity contribution in [1.29, 1.82) is 0 Å². The summed E-state index contributed by atoms with van der Waals surface area (Å²) in [6, 6.07) is 7.16. The number of aromatic nitrogens is 2. The predicted molar refractivity (Wildman–Crippen MR) is 72.8 cm³/mol. The molecule has 1 amide bonds. The quantitative estimate of drug-likeness (QED) is 0.782. The average molecular weight is 259 g/mol. The molecule has 3 N–H and O–H groups in total. The van der Waals surface area contributed by atoms with E-state index in [2.05, 4.69) is 15.5 Å². The number of hydrogen-bond donors (Lipinski definition) is 3. The topological polar surface area (TPSA) is 78.0 Å². The highest BCUT2D eigenvalue weighted by Gasteiger charge is 2.11. The molecule has 0 aliphatic carbocycles. The number of amides is 1. The van der Waals surface area contributed by atoms with Crippen molar-refractivity contribution in [1.82, 2.24) is 10.2 Å². The van der Waals surface area contributed by atoms with Gasteiger partial charge in [0.05, 0.1) is 18.7 Å². The van der Waals surface area contributed by atoms with E-state index < -0.39 is 0 Å². The molecule has 0 spiro atoms. The molecule has 1 aromatic heterocycles. The molecule has 0 aliphatic heterocycles. The van der Waals surface area contributed by atoms with E-state index in [1.165, 1.54) is 0 Å². The number of carbonyl (C=O) groups excluding carboxylic acids is 1. The lowest BCUT2D eigenvalue weighted by Gasteiger charge is -2.06. The van der Waals surface area contributed by atoms with Gasteiger partial charge in [-0.25, -0.2) is 0 Å². The summed E-state index contributed by atoms with van der Waals surface area (Å²) in [5, 5.41) is 18.8. The molecule has 0 bridgehead atoms. The Morgan fingerprint density at radius 2 is 2.21 bits per heavy atom. The fraction of sp³-hybridized carbons (Fsp3) is 0.286. The predicted octanol–water partition coefficient (Wildman–Crippen LogP) is 1.70. The fourth-order valence-electron chi connectivity index (χ4n) is 1.95. The third-order valence-corrected chi connectivity index (χ3v) is 3.01. The summed E-state index contributed by atoms with van der Waals surface area (Å²) >= 11 is 0. The molecule has 2 aromatic rings. The summed E-state index contributed by atoms with van der Waals surface area (Å²) in [6.45, 7) is 3.73. The Labute approximate surface area is 111 Å². The molecule has 2 rings (SSSR count). The number of nitrogens with one attached hydrogen (secondary N) is 2. The maximum Gasteiger partial charge on any atom is 0.228 e. The van der Waals surface area contributed by atoms with Crippen LogP contribution in [0.4, 0.5) is 5.69 Å². The van der Waals surface area contributed by atoms with Crippen LogP contribution >= 0.6 is 0 Å². The van der Waals surface area contributed by atoms with E-state index in [4.69, 9.17) is 5.11 Å². The van der Waals surface area contributed by atoms with Gasteiger partial charge in [-0.1, -0.05) is 12.1 Å². The smallest absolute Gasteiger partial charge is 0.228 e. The Bertz CT molecular complexity index is 571. The van der Waals surface area contributed by atoms with Crippen LogP contribution in [0.3, 0.4) is 0 Å². The van der Waals surface area contributed by atoms with Crippen LogP contribution in [0, 0.1) is 13.8 Å². The van der Waals surface area contributed by atoms with Crippen molar-refractivity contribution in [2.45, 2.75) is 26.9 Å². The number of aliphatic hydroxyl groups is 1. The number of anilines is 1. The van der Waals surface area contributed by atoms with Crippen LogP contribution in [-0.2, 0) is 17.8 Å². The minimum Gasteiger partial charge on any atom is -0.392 e. The highest BCUT2D eigenvalue weighted by Crippen LogP contribution is 2.13. The van der Waals surface area contributed by atoms with Gasteiger partial charge in [-0.15, -0.1) is 0 Å². The molecule has 19 heavy (non-hydrogen) atoms. The van der Waals surface area contributed by atoms with E-state index in [1.807, 2.05) is 13.8 Å². The van der Waals surface area contributed by atoms with Crippen molar-refractivity contribution in [3.63, 3.8) is 0 Å². The van der Waals surface area contributed by atoms with Crippen molar-refractivity contribution in [2.24, 2.45) is 0 Å². The summed E-state index contributed by atoms with van der Waals surface area (Å²) in [4.78, 5) is 12.0. The van der Waals surface area contributed by atoms with E-state index >= 15 is 0 Å². The number of nitrogens with zero attached hydrogens (tertiary/aromatic N) is 1. The first kappa shape index (κ1) is 13.3. The number of aryl methyl sites for hydroxylation is 2. The molecule has 0 unspecified atom stereocenters. The second-order valence-electron chi connectivity index (χ2n) is 4.50. The Morgan fingerprint density at radius 1 is 1.42 bits per heavy atom. The van der Waals surface area contributed by atoms with E-state index in [0.29, 0.717) is 5.69 Å². The van der Waals surface area contributed by atoms with Crippen LogP contribution in [0.15, 0.2) is 24.3 Å². The monoisotopic (exact) mass is 259 g/mol. The van der Waals surface area contributed by atoms with E-state index in [9.17, 15) is 4.79 Å². The third-order valence-electron chi connectivity index (χ3n) is 3.01. The molecule has 1 heterocycles. The molecule has 0 atom stereocenters. The Kier molecular flexibility index (Phi) is 3.97. The zero-order valence-electron chi connectivity index (χ0n) is 11.0. The average Bonchev–Trinajstić information content (AvgIpc) is 2.71. The molecular formula is C14H17N3O2. The van der Waals surface area contributed by atoms with Gasteiger partial charge in [0.15, 0.2) is 0 Å². The van der Waals surface area contributed by atoms with Gasteiger partial charge < -0.3 is 10.4 Å². The molecule has 0 fully saturated rings. The number of aromatic amines is 1. The van der Waals surface area contributed by atoms with Crippen LogP contribution < -0.4 is 5.32 Å². The summed E-state index contributed by atoms with van der Waals surface area (Å²) in [5.74, 6) is -0.0947. The van der Waals surface area contributed by atoms with Crippen molar-refractivity contribution >= 4 is 11.6 Å². The van der Waals surface area contributed by atoms with Crippen molar-refractivity contribution < 1.29 is 9.90 Å². The van der Waals surface area contributed by atoms with E-state index in [-0.39, 0.29) is 18.9 Å². The van der Waals surface area contributed by atoms with Crippen molar-refractivity contribution in [3.05, 3.63) is 46.8 Å². The highest BCUT2D eigenvalue weighted by molar-refractivity contribution is 5.92. The first-order chi connectivity index (χ1) is 9.10. The van der Waals surface area contributed by atoms with Gasteiger partial charge in [0.2, 0.25) is 5.91 Å². The minimum atomic E-state index is -0.0947. The molecular weight excluding hydrogens is 242 g/mol. The van der Waals surface area contributed by atoms with Crippen LogP contribution in [0.25, 0.3) is 0 Å². The molecule has 5 nitrogen and oxygen atoms in total. The first-order valence-corrected chi connectivity index (χ1v) is 6.10. The standard InChI is InChI=1S/C14H17N3O2/c1-9-13(10(2)17-16-9)7-14(19)15-12-5-3-4-11(6-12)8-18/h3-6,18H,7-8H2,1-2H3,(H,15,19)(H,16,17). The fourth-order valence-corrected chi connectivity index (χ4v) is 1.95. The van der Waals surface area contributed by atoms with E-state index in [1.54, 1.807) is 24.3 Å². The maximum atomic E-state index is 12.0. The lowest BCUT2D eigenvalue weighted by atomic mass is 10.1. The molecule has 0 saturated carbocycles. The second kappa shape index (κ2) is 5.67. The molecule has 100 valence electrons.